The normalized spacial score (nSPS) is 25.8. The van der Waals surface area contributed by atoms with Crippen molar-refractivity contribution in [3.8, 4) is 0 Å². The number of carbonyl (C=O) groups excluding carboxylic acids is 4. The van der Waals surface area contributed by atoms with Crippen LogP contribution in [-0.4, -0.2) is 41.3 Å². The van der Waals surface area contributed by atoms with Crippen molar-refractivity contribution in [1.29, 1.82) is 0 Å². The SMILES string of the molecule is CC(C)NC1(c2ccccc2)CCCCC1=O.CC(C)N[C@@]1(c2ccccc2)CCCCC1=O.CC(C)N[C@]1(c2ccccc2)CCCCC1=O.NC1(c2ccccc2)CCCCC1=O. The molecule has 4 aliphatic rings. The highest BCUT2D eigenvalue weighted by Gasteiger charge is 2.44. The third-order valence-electron chi connectivity index (χ3n) is 13.5. The molecule has 4 aromatic rings. The molecule has 0 radical (unpaired) electrons. The number of nitrogens with one attached hydrogen (secondary N) is 3. The van der Waals surface area contributed by atoms with Crippen LogP contribution in [0.5, 0.6) is 0 Å². The minimum atomic E-state index is -0.709. The summed E-state index contributed by atoms with van der Waals surface area (Å²) >= 11 is 0. The fraction of sp³-hybridized carbons (Fsp3) is 0.509. The lowest BCUT2D eigenvalue weighted by atomic mass is 9.75. The average molecular weight is 883 g/mol. The zero-order valence-electron chi connectivity index (χ0n) is 40.3. The van der Waals surface area contributed by atoms with Crippen molar-refractivity contribution in [1.82, 2.24) is 16.0 Å². The zero-order valence-corrected chi connectivity index (χ0v) is 40.3. The molecule has 4 fully saturated rings. The van der Waals surface area contributed by atoms with Gasteiger partial charge in [-0.2, -0.15) is 0 Å². The summed E-state index contributed by atoms with van der Waals surface area (Å²) in [5.41, 5.74) is 8.49. The zero-order chi connectivity index (χ0) is 46.9. The maximum absolute atomic E-state index is 12.4. The van der Waals surface area contributed by atoms with Gasteiger partial charge in [0, 0.05) is 43.8 Å². The van der Waals surface area contributed by atoms with Crippen LogP contribution in [-0.2, 0) is 41.3 Å². The van der Waals surface area contributed by atoms with Crippen LogP contribution in [0.2, 0.25) is 0 Å². The van der Waals surface area contributed by atoms with E-state index in [1.807, 2.05) is 84.9 Å². The van der Waals surface area contributed by atoms with Crippen LogP contribution in [0.4, 0.5) is 0 Å². The van der Waals surface area contributed by atoms with Crippen LogP contribution in [0.25, 0.3) is 0 Å². The number of hydrogen-bond donors (Lipinski definition) is 4. The molecule has 8 rings (SSSR count). The molecule has 4 aromatic carbocycles. The Hall–Kier alpha value is -4.60. The first kappa shape index (κ1) is 51.4. The van der Waals surface area contributed by atoms with Gasteiger partial charge in [-0.1, -0.05) is 147 Å². The molecule has 0 heterocycles. The largest absolute Gasteiger partial charge is 0.315 e. The Bertz CT molecular complexity index is 1910. The van der Waals surface area contributed by atoms with E-state index in [1.54, 1.807) is 0 Å². The van der Waals surface area contributed by atoms with E-state index in [-0.39, 0.29) is 5.78 Å². The van der Waals surface area contributed by atoms with Gasteiger partial charge < -0.3 is 5.73 Å². The van der Waals surface area contributed by atoms with E-state index < -0.39 is 22.2 Å². The van der Waals surface area contributed by atoms with Gasteiger partial charge in [0.15, 0.2) is 23.1 Å². The molecule has 0 bridgehead atoms. The first-order valence-corrected chi connectivity index (χ1v) is 24.7. The second-order valence-corrected chi connectivity index (χ2v) is 19.6. The smallest absolute Gasteiger partial charge is 0.157 e. The van der Waals surface area contributed by atoms with E-state index in [1.165, 1.54) is 0 Å². The van der Waals surface area contributed by atoms with E-state index in [9.17, 15) is 19.2 Å². The lowest BCUT2D eigenvalue weighted by Crippen LogP contribution is -2.53. The van der Waals surface area contributed by atoms with Crippen molar-refractivity contribution in [3.63, 3.8) is 0 Å². The summed E-state index contributed by atoms with van der Waals surface area (Å²) in [4.78, 5) is 49.0. The molecule has 0 aromatic heterocycles. The lowest BCUT2D eigenvalue weighted by Gasteiger charge is -2.38. The first-order chi connectivity index (χ1) is 31.2. The number of nitrogens with two attached hydrogens (primary N) is 1. The van der Waals surface area contributed by atoms with Crippen molar-refractivity contribution in [2.24, 2.45) is 5.73 Å². The Labute approximate surface area is 390 Å². The Kier molecular flexibility index (Phi) is 19.2. The van der Waals surface area contributed by atoms with E-state index in [0.29, 0.717) is 61.2 Å². The predicted molar refractivity (Wildman–Crippen MR) is 265 cm³/mol. The van der Waals surface area contributed by atoms with Gasteiger partial charge in [0.2, 0.25) is 0 Å². The van der Waals surface area contributed by atoms with Crippen LogP contribution in [0.15, 0.2) is 121 Å². The molecule has 8 heteroatoms. The van der Waals surface area contributed by atoms with Gasteiger partial charge in [0.05, 0.1) is 0 Å². The molecule has 0 amide bonds. The van der Waals surface area contributed by atoms with Gasteiger partial charge in [-0.3, -0.25) is 35.1 Å². The number of rotatable bonds is 10. The van der Waals surface area contributed by atoms with Crippen molar-refractivity contribution >= 4 is 23.1 Å². The van der Waals surface area contributed by atoms with E-state index >= 15 is 0 Å². The highest BCUT2D eigenvalue weighted by Crippen LogP contribution is 2.37. The molecule has 0 aliphatic heterocycles. The molecule has 0 spiro atoms. The van der Waals surface area contributed by atoms with Crippen molar-refractivity contribution in [2.75, 3.05) is 0 Å². The summed E-state index contributed by atoms with van der Waals surface area (Å²) in [6.45, 7) is 12.6. The Morgan fingerprint density at radius 1 is 0.354 bits per heavy atom. The summed E-state index contributed by atoms with van der Waals surface area (Å²) in [7, 11) is 0. The molecule has 350 valence electrons. The molecular formula is C57H78N4O4. The highest BCUT2D eigenvalue weighted by atomic mass is 16.1. The van der Waals surface area contributed by atoms with Crippen LogP contribution >= 0.6 is 0 Å². The molecule has 0 saturated heterocycles. The third-order valence-corrected chi connectivity index (χ3v) is 13.5. The maximum atomic E-state index is 12.4. The van der Waals surface area contributed by atoms with Gasteiger partial charge in [-0.05, 0) is 115 Å². The molecule has 8 nitrogen and oxygen atoms in total. The fourth-order valence-electron chi connectivity index (χ4n) is 10.4. The van der Waals surface area contributed by atoms with E-state index in [2.05, 4.69) is 93.9 Å². The highest BCUT2D eigenvalue weighted by molar-refractivity contribution is 5.92. The van der Waals surface area contributed by atoms with Crippen molar-refractivity contribution in [2.45, 2.75) is 185 Å². The standard InChI is InChI=1S/3C15H21NO.C12H15NO/c3*1-12(2)16-15(11-7-6-10-14(15)17)13-8-4-3-5-9-13;13-12(9-5-4-8-11(12)14)10-6-2-1-3-7-10/h3*3-5,8-9,12,16H,6-7,10-11H2,1-2H3;1-3,6-7H,4-5,8-9,13H2/t2*15-;;/m10../s1. The summed E-state index contributed by atoms with van der Waals surface area (Å²) in [5.74, 6) is 1.24. The quantitative estimate of drug-likeness (QED) is 0.124. The van der Waals surface area contributed by atoms with Gasteiger partial charge in [-0.25, -0.2) is 0 Å². The van der Waals surface area contributed by atoms with Gasteiger partial charge in [0.1, 0.15) is 22.2 Å². The second-order valence-electron chi connectivity index (χ2n) is 19.6. The van der Waals surface area contributed by atoms with E-state index in [4.69, 9.17) is 5.73 Å². The Balaban J connectivity index is 0.000000163. The first-order valence-electron chi connectivity index (χ1n) is 24.7. The molecule has 4 atom stereocenters. The van der Waals surface area contributed by atoms with Crippen LogP contribution in [0.1, 0.15) is 167 Å². The summed E-state index contributed by atoms with van der Waals surface area (Å²) in [5, 5.41) is 10.5. The average Bonchev–Trinajstić information content (AvgIpc) is 3.31. The molecular weight excluding hydrogens is 805 g/mol. The minimum Gasteiger partial charge on any atom is -0.315 e. The predicted octanol–water partition coefficient (Wildman–Crippen LogP) is 11.1. The molecule has 4 saturated carbocycles. The summed E-state index contributed by atoms with van der Waals surface area (Å²) < 4.78 is 0. The molecule has 4 aliphatic carbocycles. The number of hydrogen-bond acceptors (Lipinski definition) is 8. The molecule has 5 N–H and O–H groups in total. The summed E-state index contributed by atoms with van der Waals surface area (Å²) in [6.07, 6.45) is 14.8. The Morgan fingerprint density at radius 2 is 0.600 bits per heavy atom. The minimum absolute atomic E-state index is 0.190. The summed E-state index contributed by atoms with van der Waals surface area (Å²) in [6, 6.07) is 41.2. The molecule has 2 unspecified atom stereocenters. The van der Waals surface area contributed by atoms with Crippen LogP contribution < -0.4 is 21.7 Å². The monoisotopic (exact) mass is 883 g/mol. The number of Topliss-reactive ketones (excluding diaryl/α,β-unsaturated/α-hetero) is 4. The van der Waals surface area contributed by atoms with E-state index in [0.717, 1.165) is 99.3 Å². The van der Waals surface area contributed by atoms with Crippen molar-refractivity contribution in [3.05, 3.63) is 144 Å². The number of carbonyl (C=O) groups is 4. The molecule has 65 heavy (non-hydrogen) atoms. The van der Waals surface area contributed by atoms with Crippen LogP contribution in [0.3, 0.4) is 0 Å². The van der Waals surface area contributed by atoms with Gasteiger partial charge >= 0.3 is 0 Å². The Morgan fingerprint density at radius 3 is 0.846 bits per heavy atom. The van der Waals surface area contributed by atoms with Crippen LogP contribution in [0, 0.1) is 0 Å². The second kappa shape index (κ2) is 24.3. The maximum Gasteiger partial charge on any atom is 0.157 e. The topological polar surface area (TPSA) is 130 Å². The number of ketones is 4. The van der Waals surface area contributed by atoms with Gasteiger partial charge in [0.25, 0.3) is 0 Å². The fourth-order valence-corrected chi connectivity index (χ4v) is 10.4. The lowest BCUT2D eigenvalue weighted by molar-refractivity contribution is -0.129. The number of benzene rings is 4. The third kappa shape index (κ3) is 13.1. The van der Waals surface area contributed by atoms with Gasteiger partial charge in [-0.15, -0.1) is 0 Å². The van der Waals surface area contributed by atoms with Crippen molar-refractivity contribution < 1.29 is 19.2 Å².